The number of thiocarbonyl (C=S) groups is 1. The molecule has 0 radical (unpaired) electrons. The van der Waals surface area contributed by atoms with E-state index in [1.165, 1.54) is 36.4 Å². The van der Waals surface area contributed by atoms with Crippen molar-refractivity contribution in [3.05, 3.63) is 295 Å². The summed E-state index contributed by atoms with van der Waals surface area (Å²) in [6.45, 7) is 14.6. The first-order valence-electron chi connectivity index (χ1n) is 35.1. The lowest BCUT2D eigenvalue weighted by Crippen LogP contribution is -2.36. The predicted molar refractivity (Wildman–Crippen MR) is 422 cm³/mol. The zero-order chi connectivity index (χ0) is 74.1. The molecule has 3 fully saturated rings. The van der Waals surface area contributed by atoms with Crippen LogP contribution in [-0.2, 0) is 25.4 Å². The summed E-state index contributed by atoms with van der Waals surface area (Å²) in [4.78, 5) is 34.4. The summed E-state index contributed by atoms with van der Waals surface area (Å²) in [7, 11) is 0. The van der Waals surface area contributed by atoms with Crippen LogP contribution >= 0.6 is 47.0 Å². The molecule has 0 spiro atoms. The van der Waals surface area contributed by atoms with Gasteiger partial charge in [0.1, 0.15) is 29.3 Å². The van der Waals surface area contributed by atoms with Crippen molar-refractivity contribution in [2.24, 2.45) is 0 Å². The van der Waals surface area contributed by atoms with Gasteiger partial charge in [-0.3, -0.25) is 15.0 Å². The van der Waals surface area contributed by atoms with E-state index >= 15 is 0 Å². The summed E-state index contributed by atoms with van der Waals surface area (Å²) in [5, 5.41) is 15.7. The molecule has 0 saturated carbocycles. The Labute approximate surface area is 638 Å². The Bertz CT molecular complexity index is 5360. The van der Waals surface area contributed by atoms with Gasteiger partial charge in [0.15, 0.2) is 6.10 Å². The van der Waals surface area contributed by atoms with Crippen molar-refractivity contribution < 1.29 is 42.0 Å². The Morgan fingerprint density at radius 2 is 0.860 bits per heavy atom. The summed E-state index contributed by atoms with van der Waals surface area (Å²) in [6, 6.07) is 57.5. The molecular weight excluding hydrogens is 1440 g/mol. The lowest BCUT2D eigenvalue weighted by molar-refractivity contribution is 0.122. The molecule has 1 N–H and O–H groups in total. The maximum atomic E-state index is 14.5. The predicted octanol–water partition coefficient (Wildman–Crippen LogP) is 18.8. The van der Waals surface area contributed by atoms with Gasteiger partial charge in [-0.1, -0.05) is 71.2 Å². The molecule has 6 aromatic heterocycles. The van der Waals surface area contributed by atoms with Crippen LogP contribution in [0.1, 0.15) is 62.3 Å². The van der Waals surface area contributed by atoms with E-state index in [-0.39, 0.29) is 16.9 Å². The first-order valence-corrected chi connectivity index (χ1v) is 36.6. The summed E-state index contributed by atoms with van der Waals surface area (Å²) in [5.74, 6) is -0.531. The fourth-order valence-corrected chi connectivity index (χ4v) is 14.8. The van der Waals surface area contributed by atoms with Crippen molar-refractivity contribution in [1.29, 1.82) is 0 Å². The third-order valence-electron chi connectivity index (χ3n) is 19.1. The topological polar surface area (TPSA) is 153 Å². The third-order valence-corrected chi connectivity index (χ3v) is 19.9. The van der Waals surface area contributed by atoms with E-state index in [4.69, 9.17) is 80.7 Å². The Morgan fingerprint density at radius 3 is 1.34 bits per heavy atom. The number of hydrogen-bond acceptors (Lipinski definition) is 16. The van der Waals surface area contributed by atoms with Gasteiger partial charge in [-0.05, 0) is 206 Å². The van der Waals surface area contributed by atoms with Crippen LogP contribution in [-0.4, -0.2) is 119 Å². The normalized spacial score (nSPS) is 14.4. The van der Waals surface area contributed by atoms with Crippen molar-refractivity contribution in [3.8, 4) is 39.9 Å². The van der Waals surface area contributed by atoms with Crippen LogP contribution in [0, 0.1) is 38.2 Å². The number of aliphatic hydroxyl groups is 1. The summed E-state index contributed by atoms with van der Waals surface area (Å²) in [5.41, 5.74) is 16.3. The molecule has 0 bridgehead atoms. The number of nitrogens with zero attached hydrogens (tertiary/aromatic N) is 9. The van der Waals surface area contributed by atoms with Gasteiger partial charge < -0.3 is 43.5 Å². The average Bonchev–Trinajstić information content (AvgIpc) is 0.775. The number of pyridine rings is 6. The molecule has 13 aromatic rings. The van der Waals surface area contributed by atoms with Crippen LogP contribution in [0.2, 0.25) is 15.1 Å². The molecule has 2 atom stereocenters. The molecule has 9 heterocycles. The van der Waals surface area contributed by atoms with E-state index in [2.05, 4.69) is 47.6 Å². The number of hydrogen-bond donors (Lipinski definition) is 1. The van der Waals surface area contributed by atoms with Gasteiger partial charge in [-0.25, -0.2) is 28.1 Å². The minimum atomic E-state index is -0.984. The maximum Gasteiger partial charge on any atom is 0.358 e. The number of aliphatic hydroxyl groups excluding tert-OH is 1. The second-order valence-electron chi connectivity index (χ2n) is 26.0. The smallest absolute Gasteiger partial charge is 0.358 e. The van der Waals surface area contributed by atoms with Gasteiger partial charge in [-0.15, -0.1) is 0 Å². The second-order valence-corrected chi connectivity index (χ2v) is 27.7. The van der Waals surface area contributed by atoms with Crippen molar-refractivity contribution in [3.63, 3.8) is 0 Å². The number of halogens is 6. The monoisotopic (exact) mass is 1510 g/mol. The lowest BCUT2D eigenvalue weighted by atomic mass is 9.91. The van der Waals surface area contributed by atoms with Gasteiger partial charge in [0, 0.05) is 148 Å². The minimum absolute atomic E-state index is 0.0649. The number of morpholine rings is 3. The Kier molecular flexibility index (Phi) is 23.2. The van der Waals surface area contributed by atoms with E-state index < -0.39 is 18.0 Å². The van der Waals surface area contributed by atoms with Gasteiger partial charge >= 0.3 is 5.24 Å². The third kappa shape index (κ3) is 17.3. The number of ether oxygens (including phenoxy) is 5. The molecular formula is C85H73Cl3F3N9O6S. The van der Waals surface area contributed by atoms with Crippen molar-refractivity contribution in [1.82, 2.24) is 29.9 Å². The highest BCUT2D eigenvalue weighted by atomic mass is 35.5. The number of benzene rings is 7. The maximum absolute atomic E-state index is 14.5. The first kappa shape index (κ1) is 73.7. The van der Waals surface area contributed by atoms with Gasteiger partial charge in [0.05, 0.1) is 90.4 Å². The second kappa shape index (κ2) is 33.7. The standard InChI is InChI=1S/C33H27ClFN3O3S.C26H23ClFN3O2.C26H23ClFN3O/c1-21-30(27-11-10-24(35)20-29(27)37-31(21)28-9-5-6-12-36-28)32(41-33(42)40-26-7-3-2-4-8-26)22-17-23(34)19-25(18-22)38-13-15-39-16-14-38;1-16-24(26(32)17-12-18(27)14-20(13-17)31-8-10-33-11-9-31)21-6-5-19(28)15-23(21)30-25(16)22-4-2-3-7-29-22;1-17-23(14-18-12-19(27)15-21(13-18)31-8-10-32-11-9-31)22-6-5-20(28)16-25(22)30-26(17)24-4-2-3-7-29-24/h2-12,17-20,32H,13-16H2,1H3;2-7,12-15,26,32H,8-11H2,1H3;2-7,12-13,15-16H,8-11,14H2,1H3. The fourth-order valence-electron chi connectivity index (χ4n) is 13.9. The van der Waals surface area contributed by atoms with Gasteiger partial charge in [-0.2, -0.15) is 0 Å². The molecule has 16 rings (SSSR count). The Balaban J connectivity index is 0.000000136. The average molecular weight is 1510 g/mol. The van der Waals surface area contributed by atoms with E-state index in [0.717, 1.165) is 125 Å². The largest absolute Gasteiger partial charge is 0.443 e. The Hall–Kier alpha value is -10.2. The van der Waals surface area contributed by atoms with E-state index in [9.17, 15) is 18.3 Å². The number of anilines is 3. The zero-order valence-electron chi connectivity index (χ0n) is 58.7. The van der Waals surface area contributed by atoms with Gasteiger partial charge in [0.2, 0.25) is 0 Å². The molecule has 15 nitrogen and oxygen atoms in total. The van der Waals surface area contributed by atoms with E-state index in [1.807, 2.05) is 135 Å². The quantitative estimate of drug-likeness (QED) is 0.103. The highest BCUT2D eigenvalue weighted by molar-refractivity contribution is 7.79. The lowest BCUT2D eigenvalue weighted by Gasteiger charge is -2.30. The summed E-state index contributed by atoms with van der Waals surface area (Å²) in [6.07, 6.45) is 4.05. The molecule has 0 amide bonds. The fraction of sp³-hybridized carbons (Fsp3) is 0.212. The SMILES string of the molecule is Cc1c(-c2ccccn2)nc2cc(F)ccc2c1C(O)c1cc(Cl)cc(N2CCOCC2)c1.Cc1c(-c2ccccn2)nc2cc(F)ccc2c1C(OC(=S)Oc1ccccc1)c1cc(Cl)cc(N2CCOCC2)c1.Cc1c(-c2ccccn2)nc2cc(F)ccc2c1Cc1cc(Cl)cc(N2CCOCC2)c1. The highest BCUT2D eigenvalue weighted by Gasteiger charge is 2.30. The zero-order valence-corrected chi connectivity index (χ0v) is 61.8. The number of aromatic nitrogens is 6. The number of rotatable bonds is 14. The van der Waals surface area contributed by atoms with E-state index in [0.29, 0.717) is 115 Å². The van der Waals surface area contributed by atoms with Crippen LogP contribution in [0.25, 0.3) is 66.9 Å². The van der Waals surface area contributed by atoms with Crippen LogP contribution in [0.5, 0.6) is 5.75 Å². The summed E-state index contributed by atoms with van der Waals surface area (Å²) < 4.78 is 71.6. The summed E-state index contributed by atoms with van der Waals surface area (Å²) >= 11 is 25.3. The van der Waals surface area contributed by atoms with E-state index in [1.54, 1.807) is 48.9 Å². The van der Waals surface area contributed by atoms with Crippen LogP contribution in [0.4, 0.5) is 30.2 Å². The molecule has 3 aliphatic rings. The molecule has 107 heavy (non-hydrogen) atoms. The minimum Gasteiger partial charge on any atom is -0.443 e. The first-order chi connectivity index (χ1) is 52.0. The number of para-hydroxylation sites is 1. The van der Waals surface area contributed by atoms with Gasteiger partial charge in [0.25, 0.3) is 0 Å². The van der Waals surface area contributed by atoms with Crippen LogP contribution in [0.15, 0.2) is 213 Å². The molecule has 542 valence electrons. The van der Waals surface area contributed by atoms with Crippen LogP contribution in [0.3, 0.4) is 0 Å². The molecule has 2 unspecified atom stereocenters. The van der Waals surface area contributed by atoms with Crippen LogP contribution < -0.4 is 19.4 Å². The molecule has 3 saturated heterocycles. The highest BCUT2D eigenvalue weighted by Crippen LogP contribution is 2.43. The molecule has 3 aliphatic heterocycles. The van der Waals surface area contributed by atoms with Crippen molar-refractivity contribution in [2.45, 2.75) is 39.4 Å². The Morgan fingerprint density at radius 1 is 0.458 bits per heavy atom. The molecule has 7 aromatic carbocycles. The van der Waals surface area contributed by atoms with Crippen molar-refractivity contribution in [2.75, 3.05) is 93.6 Å². The van der Waals surface area contributed by atoms with Crippen molar-refractivity contribution >= 4 is 102 Å². The molecule has 0 aliphatic carbocycles. The number of fused-ring (bicyclic) bond motifs is 3. The molecule has 22 heteroatoms.